The number of esters is 1. The van der Waals surface area contributed by atoms with E-state index in [0.29, 0.717) is 6.07 Å². The van der Waals surface area contributed by atoms with Crippen LogP contribution < -0.4 is 0 Å². The fourth-order valence-electron chi connectivity index (χ4n) is 3.02. The number of hydrogen-bond acceptors (Lipinski definition) is 2. The molecule has 0 radical (unpaired) electrons. The van der Waals surface area contributed by atoms with Crippen molar-refractivity contribution in [3.05, 3.63) is 44.1 Å². The van der Waals surface area contributed by atoms with Crippen molar-refractivity contribution >= 4 is 37.8 Å². The minimum Gasteiger partial charge on any atom is -0.460 e. The van der Waals surface area contributed by atoms with E-state index in [1.807, 2.05) is 19.9 Å². The van der Waals surface area contributed by atoms with Crippen LogP contribution in [0.15, 0.2) is 15.5 Å². The van der Waals surface area contributed by atoms with Crippen LogP contribution in [-0.4, -0.2) is 5.97 Å². The summed E-state index contributed by atoms with van der Waals surface area (Å²) < 4.78 is 47.0. The summed E-state index contributed by atoms with van der Waals surface area (Å²) in [6.07, 6.45) is 2.03. The first-order chi connectivity index (χ1) is 11.1. The number of halogens is 5. The van der Waals surface area contributed by atoms with Crippen molar-refractivity contribution in [3.63, 3.8) is 0 Å². The standard InChI is InChI=1S/C17H17Br2F3O2/c1-4-8-9(15(22)12(21)6-11(8)20)7-24-16(23)14-10(5-13(18)19)17(14,2)3/h5-6,10,14H,4,7H2,1-3H3/t10-,14-/m0/s1. The summed E-state index contributed by atoms with van der Waals surface area (Å²) in [5.74, 6) is -4.21. The maximum absolute atomic E-state index is 13.9. The van der Waals surface area contributed by atoms with Gasteiger partial charge in [0.15, 0.2) is 11.6 Å². The molecule has 132 valence electrons. The molecule has 0 aromatic heterocycles. The topological polar surface area (TPSA) is 26.3 Å². The molecule has 0 aliphatic heterocycles. The molecule has 24 heavy (non-hydrogen) atoms. The summed E-state index contributed by atoms with van der Waals surface area (Å²) in [6.45, 7) is 4.98. The Kier molecular flexibility index (Phi) is 5.85. The molecule has 0 bridgehead atoms. The molecular formula is C17H17Br2F3O2. The zero-order valence-corrected chi connectivity index (χ0v) is 16.6. The normalized spacial score (nSPS) is 21.3. The quantitative estimate of drug-likeness (QED) is 0.413. The molecule has 2 nitrogen and oxygen atoms in total. The molecule has 1 aliphatic rings. The number of hydrogen-bond donors (Lipinski definition) is 0. The van der Waals surface area contributed by atoms with E-state index in [4.69, 9.17) is 4.74 Å². The second-order valence-electron chi connectivity index (χ2n) is 6.35. The summed E-state index contributed by atoms with van der Waals surface area (Å²) >= 11 is 6.51. The lowest BCUT2D eigenvalue weighted by Gasteiger charge is -2.12. The molecule has 7 heteroatoms. The molecule has 1 aromatic rings. The van der Waals surface area contributed by atoms with Gasteiger partial charge in [-0.3, -0.25) is 4.79 Å². The molecule has 2 rings (SSSR count). The molecule has 0 spiro atoms. The van der Waals surface area contributed by atoms with Gasteiger partial charge in [0.2, 0.25) is 0 Å². The first kappa shape index (κ1) is 19.5. The van der Waals surface area contributed by atoms with Gasteiger partial charge >= 0.3 is 5.97 Å². The van der Waals surface area contributed by atoms with Crippen molar-refractivity contribution < 1.29 is 22.7 Å². The minimum absolute atomic E-state index is 0.0244. The Bertz CT molecular complexity index is 698. The van der Waals surface area contributed by atoms with Crippen LogP contribution >= 0.6 is 31.9 Å². The highest BCUT2D eigenvalue weighted by Gasteiger charge is 2.61. The van der Waals surface area contributed by atoms with Gasteiger partial charge in [-0.1, -0.05) is 26.8 Å². The van der Waals surface area contributed by atoms with E-state index < -0.39 is 30.0 Å². The Labute approximate surface area is 155 Å². The van der Waals surface area contributed by atoms with E-state index in [9.17, 15) is 18.0 Å². The molecule has 0 unspecified atom stereocenters. The van der Waals surface area contributed by atoms with E-state index >= 15 is 0 Å². The SMILES string of the molecule is CCc1c(F)cc(F)c(F)c1COC(=O)[C@@H]1[C@H](C=C(Br)Br)C1(C)C. The minimum atomic E-state index is -1.29. The largest absolute Gasteiger partial charge is 0.460 e. The number of benzene rings is 1. The fourth-order valence-corrected chi connectivity index (χ4v) is 3.59. The Morgan fingerprint density at radius 3 is 2.42 bits per heavy atom. The van der Waals surface area contributed by atoms with E-state index in [1.165, 1.54) is 0 Å². The third-order valence-electron chi connectivity index (χ3n) is 4.56. The average molecular weight is 470 g/mol. The fraction of sp³-hybridized carbons (Fsp3) is 0.471. The highest BCUT2D eigenvalue weighted by atomic mass is 79.9. The molecule has 0 amide bonds. The summed E-state index contributed by atoms with van der Waals surface area (Å²) in [5.41, 5.74) is -0.504. The molecule has 2 atom stereocenters. The molecule has 0 N–H and O–H groups in total. The molecule has 1 fully saturated rings. The Balaban J connectivity index is 2.15. The second kappa shape index (κ2) is 7.20. The van der Waals surface area contributed by atoms with E-state index in [2.05, 4.69) is 31.9 Å². The lowest BCUT2D eigenvalue weighted by Crippen LogP contribution is -2.13. The highest BCUT2D eigenvalue weighted by Crippen LogP contribution is 2.60. The third kappa shape index (κ3) is 3.72. The molecule has 1 saturated carbocycles. The van der Waals surface area contributed by atoms with E-state index in [1.54, 1.807) is 6.92 Å². The first-order valence-electron chi connectivity index (χ1n) is 7.45. The second-order valence-corrected chi connectivity index (χ2v) is 9.13. The van der Waals surface area contributed by atoms with Crippen molar-refractivity contribution in [2.45, 2.75) is 33.8 Å². The predicted molar refractivity (Wildman–Crippen MR) is 92.2 cm³/mol. The first-order valence-corrected chi connectivity index (χ1v) is 9.04. The van der Waals surface area contributed by atoms with Gasteiger partial charge in [-0.05, 0) is 55.2 Å². The van der Waals surface area contributed by atoms with Crippen molar-refractivity contribution in [2.75, 3.05) is 0 Å². The molecule has 0 saturated heterocycles. The number of ether oxygens (including phenoxy) is 1. The summed E-state index contributed by atoms with van der Waals surface area (Å²) in [5, 5.41) is 0. The number of carbonyl (C=O) groups is 1. The van der Waals surface area contributed by atoms with Crippen LogP contribution in [0.1, 0.15) is 31.9 Å². The Morgan fingerprint density at radius 1 is 1.25 bits per heavy atom. The molecular weight excluding hydrogens is 453 g/mol. The maximum atomic E-state index is 13.9. The van der Waals surface area contributed by atoms with E-state index in [-0.39, 0.29) is 34.8 Å². The average Bonchev–Trinajstić information content (AvgIpc) is 3.00. The summed E-state index contributed by atoms with van der Waals surface area (Å²) in [4.78, 5) is 12.3. The van der Waals surface area contributed by atoms with Crippen LogP contribution in [0, 0.1) is 34.7 Å². The monoisotopic (exact) mass is 468 g/mol. The number of allylic oxidation sites excluding steroid dienone is 1. The Morgan fingerprint density at radius 2 is 1.88 bits per heavy atom. The molecule has 1 aliphatic carbocycles. The van der Waals surface area contributed by atoms with Crippen LogP contribution in [0.2, 0.25) is 0 Å². The predicted octanol–water partition coefficient (Wildman–Crippen LogP) is 5.61. The van der Waals surface area contributed by atoms with Gasteiger partial charge in [-0.15, -0.1) is 0 Å². The molecule has 1 aromatic carbocycles. The van der Waals surface area contributed by atoms with Crippen molar-refractivity contribution in [1.29, 1.82) is 0 Å². The van der Waals surface area contributed by atoms with Crippen LogP contribution in [-0.2, 0) is 22.6 Å². The van der Waals surface area contributed by atoms with Crippen LogP contribution in [0.3, 0.4) is 0 Å². The summed E-state index contributed by atoms with van der Waals surface area (Å²) in [6, 6.07) is 0.512. The van der Waals surface area contributed by atoms with E-state index in [0.717, 1.165) is 3.39 Å². The van der Waals surface area contributed by atoms with Gasteiger partial charge in [0.25, 0.3) is 0 Å². The van der Waals surface area contributed by atoms with Crippen LogP contribution in [0.4, 0.5) is 13.2 Å². The van der Waals surface area contributed by atoms with Gasteiger partial charge in [-0.25, -0.2) is 13.2 Å². The smallest absolute Gasteiger partial charge is 0.310 e. The van der Waals surface area contributed by atoms with Crippen LogP contribution in [0.5, 0.6) is 0 Å². The number of rotatable bonds is 5. The maximum Gasteiger partial charge on any atom is 0.310 e. The van der Waals surface area contributed by atoms with Crippen LogP contribution in [0.25, 0.3) is 0 Å². The highest BCUT2D eigenvalue weighted by molar-refractivity contribution is 9.28. The Hall–Kier alpha value is -0.820. The van der Waals surface area contributed by atoms with Gasteiger partial charge in [0.1, 0.15) is 12.4 Å². The lowest BCUT2D eigenvalue weighted by molar-refractivity contribution is -0.147. The van der Waals surface area contributed by atoms with Gasteiger partial charge in [0, 0.05) is 11.6 Å². The summed E-state index contributed by atoms with van der Waals surface area (Å²) in [7, 11) is 0. The van der Waals surface area contributed by atoms with Crippen molar-refractivity contribution in [2.24, 2.45) is 17.3 Å². The zero-order chi connectivity index (χ0) is 18.2. The van der Waals surface area contributed by atoms with Gasteiger partial charge in [-0.2, -0.15) is 0 Å². The number of carbonyl (C=O) groups excluding carboxylic acids is 1. The van der Waals surface area contributed by atoms with Gasteiger partial charge < -0.3 is 4.74 Å². The lowest BCUT2D eigenvalue weighted by atomic mass is 10.0. The van der Waals surface area contributed by atoms with Crippen molar-refractivity contribution in [3.8, 4) is 0 Å². The van der Waals surface area contributed by atoms with Crippen molar-refractivity contribution in [1.82, 2.24) is 0 Å². The third-order valence-corrected chi connectivity index (χ3v) is 5.09. The zero-order valence-electron chi connectivity index (χ0n) is 13.4. The van der Waals surface area contributed by atoms with Gasteiger partial charge in [0.05, 0.1) is 9.31 Å². The molecule has 0 heterocycles.